The van der Waals surface area contributed by atoms with Gasteiger partial charge in [-0.1, -0.05) is 36.4 Å². The maximum atomic E-state index is 13.9. The van der Waals surface area contributed by atoms with Crippen molar-refractivity contribution < 1.29 is 0 Å². The molecule has 1 atom stereocenters. The molecular formula is C28H28N6O. The molecule has 35 heavy (non-hydrogen) atoms. The van der Waals surface area contributed by atoms with Crippen molar-refractivity contribution >= 4 is 11.2 Å². The Labute approximate surface area is 203 Å². The summed E-state index contributed by atoms with van der Waals surface area (Å²) in [5.41, 5.74) is 5.81. The summed E-state index contributed by atoms with van der Waals surface area (Å²) in [6.07, 6.45) is 6.48. The van der Waals surface area contributed by atoms with Crippen molar-refractivity contribution in [3.8, 4) is 16.8 Å². The van der Waals surface area contributed by atoms with Gasteiger partial charge in [0.1, 0.15) is 5.82 Å². The molecule has 1 aliphatic heterocycles. The van der Waals surface area contributed by atoms with Crippen LogP contribution in [0.5, 0.6) is 0 Å². The van der Waals surface area contributed by atoms with E-state index in [0.717, 1.165) is 65.4 Å². The predicted octanol–water partition coefficient (Wildman–Crippen LogP) is 4.34. The van der Waals surface area contributed by atoms with E-state index in [4.69, 9.17) is 0 Å². The predicted molar refractivity (Wildman–Crippen MR) is 138 cm³/mol. The summed E-state index contributed by atoms with van der Waals surface area (Å²) in [5, 5.41) is 0. The molecule has 1 saturated heterocycles. The summed E-state index contributed by atoms with van der Waals surface area (Å²) in [7, 11) is 2.02. The van der Waals surface area contributed by atoms with Gasteiger partial charge in [0.25, 0.3) is 0 Å². The molecule has 0 spiro atoms. The second-order valence-electron chi connectivity index (χ2n) is 9.33. The Morgan fingerprint density at radius 2 is 1.83 bits per heavy atom. The molecule has 6 rings (SSSR count). The van der Waals surface area contributed by atoms with E-state index >= 15 is 0 Å². The highest BCUT2D eigenvalue weighted by molar-refractivity contribution is 5.75. The summed E-state index contributed by atoms with van der Waals surface area (Å²) in [4.78, 5) is 25.4. The van der Waals surface area contributed by atoms with Crippen LogP contribution in [0.3, 0.4) is 0 Å². The van der Waals surface area contributed by atoms with Crippen LogP contribution in [0, 0.1) is 6.92 Å². The van der Waals surface area contributed by atoms with Crippen LogP contribution in [0.1, 0.15) is 23.9 Å². The number of nitrogens with zero attached hydrogens (tertiary/aromatic N) is 6. The Kier molecular flexibility index (Phi) is 5.34. The molecule has 7 heteroatoms. The summed E-state index contributed by atoms with van der Waals surface area (Å²) in [6, 6.07) is 20.6. The van der Waals surface area contributed by atoms with Gasteiger partial charge in [0.15, 0.2) is 5.65 Å². The van der Waals surface area contributed by atoms with Crippen molar-refractivity contribution in [2.24, 2.45) is 7.05 Å². The zero-order valence-corrected chi connectivity index (χ0v) is 20.0. The molecule has 3 aromatic heterocycles. The highest BCUT2D eigenvalue weighted by Gasteiger charge is 2.29. The maximum absolute atomic E-state index is 13.9. The normalized spacial score (nSPS) is 16.3. The number of hydrogen-bond acceptors (Lipinski definition) is 4. The van der Waals surface area contributed by atoms with E-state index in [1.807, 2.05) is 58.9 Å². The van der Waals surface area contributed by atoms with Crippen LogP contribution in [0.15, 0.2) is 84.0 Å². The Hall–Kier alpha value is -3.97. The van der Waals surface area contributed by atoms with Crippen LogP contribution in [0.25, 0.3) is 28.0 Å². The van der Waals surface area contributed by atoms with Crippen molar-refractivity contribution in [2.45, 2.75) is 25.9 Å². The number of likely N-dealkylation sites (tertiary alicyclic amines) is 1. The number of fused-ring (bicyclic) bond motifs is 1. The first kappa shape index (κ1) is 21.6. The van der Waals surface area contributed by atoms with Crippen LogP contribution in [0.4, 0.5) is 0 Å². The lowest BCUT2D eigenvalue weighted by Gasteiger charge is -2.16. The first-order valence-corrected chi connectivity index (χ1v) is 12.0. The van der Waals surface area contributed by atoms with Gasteiger partial charge in [0.05, 0.1) is 23.8 Å². The van der Waals surface area contributed by atoms with E-state index in [1.54, 1.807) is 6.20 Å². The molecule has 5 aromatic rings. The first-order valence-electron chi connectivity index (χ1n) is 12.0. The van der Waals surface area contributed by atoms with Crippen molar-refractivity contribution in [3.05, 3.63) is 101 Å². The van der Waals surface area contributed by atoms with E-state index in [-0.39, 0.29) is 11.7 Å². The summed E-state index contributed by atoms with van der Waals surface area (Å²) in [5.74, 6) is 1.03. The topological polar surface area (TPSA) is 60.9 Å². The van der Waals surface area contributed by atoms with Gasteiger partial charge in [0.2, 0.25) is 0 Å². The average molecular weight is 465 g/mol. The lowest BCUT2D eigenvalue weighted by molar-refractivity contribution is 0.304. The van der Waals surface area contributed by atoms with Crippen LogP contribution in [0.2, 0.25) is 0 Å². The molecule has 1 unspecified atom stereocenters. The van der Waals surface area contributed by atoms with E-state index in [9.17, 15) is 4.79 Å². The molecule has 1 aliphatic rings. The lowest BCUT2D eigenvalue weighted by Crippen LogP contribution is -2.29. The quantitative estimate of drug-likeness (QED) is 0.388. The summed E-state index contributed by atoms with van der Waals surface area (Å²) >= 11 is 0. The Balaban J connectivity index is 1.38. The zero-order chi connectivity index (χ0) is 23.9. The molecule has 0 bridgehead atoms. The molecule has 1 fully saturated rings. The van der Waals surface area contributed by atoms with Crippen molar-refractivity contribution in [3.63, 3.8) is 0 Å². The van der Waals surface area contributed by atoms with Gasteiger partial charge in [0, 0.05) is 38.7 Å². The molecule has 0 saturated carbocycles. The fourth-order valence-corrected chi connectivity index (χ4v) is 5.24. The van der Waals surface area contributed by atoms with E-state index in [1.165, 1.54) is 0 Å². The number of benzene rings is 2. The molecule has 0 N–H and O–H groups in total. The molecule has 0 aliphatic carbocycles. The van der Waals surface area contributed by atoms with Gasteiger partial charge in [-0.25, -0.2) is 14.8 Å². The van der Waals surface area contributed by atoms with Gasteiger partial charge in [-0.05, 0) is 54.3 Å². The summed E-state index contributed by atoms with van der Waals surface area (Å²) < 4.78 is 5.78. The molecule has 176 valence electrons. The van der Waals surface area contributed by atoms with Gasteiger partial charge >= 0.3 is 5.69 Å². The number of aryl methyl sites for hydroxylation is 2. The number of rotatable bonds is 5. The third-order valence-corrected chi connectivity index (χ3v) is 7.08. The average Bonchev–Trinajstić information content (AvgIpc) is 3.57. The van der Waals surface area contributed by atoms with E-state index in [0.29, 0.717) is 0 Å². The monoisotopic (exact) mass is 464 g/mol. The van der Waals surface area contributed by atoms with E-state index in [2.05, 4.69) is 56.7 Å². The fourth-order valence-electron chi connectivity index (χ4n) is 5.24. The minimum Gasteiger partial charge on any atom is -0.337 e. The Morgan fingerprint density at radius 3 is 2.60 bits per heavy atom. The van der Waals surface area contributed by atoms with Gasteiger partial charge in [-0.3, -0.25) is 14.0 Å². The zero-order valence-electron chi connectivity index (χ0n) is 20.0. The minimum atomic E-state index is -0.0295. The highest BCUT2D eigenvalue weighted by Crippen LogP contribution is 2.29. The molecule has 0 radical (unpaired) electrons. The third-order valence-electron chi connectivity index (χ3n) is 7.08. The van der Waals surface area contributed by atoms with Crippen molar-refractivity contribution in [1.29, 1.82) is 0 Å². The molecule has 0 amide bonds. The number of hydrogen-bond donors (Lipinski definition) is 0. The second kappa shape index (κ2) is 8.67. The van der Waals surface area contributed by atoms with Gasteiger partial charge < -0.3 is 4.57 Å². The lowest BCUT2D eigenvalue weighted by atomic mass is 10.0. The molecule has 2 aromatic carbocycles. The number of aromatic nitrogens is 5. The summed E-state index contributed by atoms with van der Waals surface area (Å²) in [6.45, 7) is 4.57. The third kappa shape index (κ3) is 3.78. The minimum absolute atomic E-state index is 0.0295. The highest BCUT2D eigenvalue weighted by atomic mass is 16.2. The largest absolute Gasteiger partial charge is 0.337 e. The SMILES string of the molecule is Cc1cc(-c2ccccc2)ccc1-n1c(=O)n(C2CCN(Cc3nccn3C)C2)c2ncccc21. The van der Waals surface area contributed by atoms with Crippen LogP contribution >= 0.6 is 0 Å². The van der Waals surface area contributed by atoms with E-state index < -0.39 is 0 Å². The standard InChI is InChI=1S/C28H28N6O/c1-20-17-22(21-7-4-3-5-8-21)10-11-24(20)34-25-9-6-13-30-27(25)33(28(34)35)23-12-15-32(18-23)19-26-29-14-16-31(26)2/h3-11,13-14,16-17,23H,12,15,18-19H2,1-2H3. The number of imidazole rings is 2. The van der Waals surface area contributed by atoms with Crippen LogP contribution < -0.4 is 5.69 Å². The maximum Gasteiger partial charge on any atom is 0.335 e. The smallest absolute Gasteiger partial charge is 0.335 e. The molecular weight excluding hydrogens is 436 g/mol. The Morgan fingerprint density at radius 1 is 0.971 bits per heavy atom. The van der Waals surface area contributed by atoms with Crippen LogP contribution in [-0.2, 0) is 13.6 Å². The first-order chi connectivity index (χ1) is 17.1. The van der Waals surface area contributed by atoms with Crippen molar-refractivity contribution in [2.75, 3.05) is 13.1 Å². The van der Waals surface area contributed by atoms with Crippen molar-refractivity contribution in [1.82, 2.24) is 28.6 Å². The fraction of sp³-hybridized carbons (Fsp3) is 0.250. The van der Waals surface area contributed by atoms with Gasteiger partial charge in [-0.2, -0.15) is 0 Å². The second-order valence-corrected chi connectivity index (χ2v) is 9.33. The molecule has 7 nitrogen and oxygen atoms in total. The van der Waals surface area contributed by atoms with Gasteiger partial charge in [-0.15, -0.1) is 0 Å². The number of pyridine rings is 1. The molecule has 4 heterocycles. The Bertz CT molecular complexity index is 1560. The van der Waals surface area contributed by atoms with Crippen LogP contribution in [-0.4, -0.2) is 41.7 Å².